The van der Waals surface area contributed by atoms with Crippen LogP contribution in [0.3, 0.4) is 0 Å². The highest BCUT2D eigenvalue weighted by Gasteiger charge is 2.24. The maximum absolute atomic E-state index is 12.6. The average molecular weight is 413 g/mol. The standard InChI is InChI=1S/C18H15N5O3S2/c1-8-16(25)21-11-4-9(2-3-14(11)28-8)17(26)23-18-22-13(7-27-18)10-5-12(15(19)24)20-6-10/h2-8,20H,1H3,(H2,19,24)(H,21,25)(H,22,23,26). The number of nitrogens with one attached hydrogen (secondary N) is 3. The van der Waals surface area contributed by atoms with Crippen molar-refractivity contribution in [1.82, 2.24) is 9.97 Å². The lowest BCUT2D eigenvalue weighted by molar-refractivity contribution is -0.115. The summed E-state index contributed by atoms with van der Waals surface area (Å²) in [5, 5.41) is 7.60. The second kappa shape index (κ2) is 7.13. The molecule has 1 aliphatic rings. The molecule has 3 amide bonds. The van der Waals surface area contributed by atoms with Crippen LogP contribution < -0.4 is 16.4 Å². The zero-order chi connectivity index (χ0) is 19.8. The molecule has 4 rings (SSSR count). The highest BCUT2D eigenvalue weighted by molar-refractivity contribution is 8.00. The van der Waals surface area contributed by atoms with Gasteiger partial charge in [-0.25, -0.2) is 4.98 Å². The third-order valence-electron chi connectivity index (χ3n) is 4.14. The summed E-state index contributed by atoms with van der Waals surface area (Å²) in [5.74, 6) is -0.961. The first-order valence-corrected chi connectivity index (χ1v) is 10.0. The fourth-order valence-electron chi connectivity index (χ4n) is 2.67. The Kier molecular flexibility index (Phi) is 4.65. The van der Waals surface area contributed by atoms with Crippen LogP contribution in [-0.2, 0) is 4.79 Å². The van der Waals surface area contributed by atoms with Gasteiger partial charge in [-0.2, -0.15) is 0 Å². The van der Waals surface area contributed by atoms with Gasteiger partial charge in [0.1, 0.15) is 5.69 Å². The summed E-state index contributed by atoms with van der Waals surface area (Å²) in [6.07, 6.45) is 1.63. The van der Waals surface area contributed by atoms with Gasteiger partial charge in [-0.3, -0.25) is 19.7 Å². The highest BCUT2D eigenvalue weighted by Crippen LogP contribution is 2.36. The van der Waals surface area contributed by atoms with E-state index in [1.54, 1.807) is 29.8 Å². The van der Waals surface area contributed by atoms with Crippen molar-refractivity contribution >= 4 is 51.6 Å². The number of fused-ring (bicyclic) bond motifs is 1. The van der Waals surface area contributed by atoms with Crippen molar-refractivity contribution in [3.8, 4) is 11.3 Å². The van der Waals surface area contributed by atoms with Crippen LogP contribution in [0.4, 0.5) is 10.8 Å². The van der Waals surface area contributed by atoms with Crippen molar-refractivity contribution in [2.45, 2.75) is 17.1 Å². The van der Waals surface area contributed by atoms with Crippen LogP contribution in [0.2, 0.25) is 0 Å². The number of carbonyl (C=O) groups is 3. The van der Waals surface area contributed by atoms with Gasteiger partial charge in [0, 0.05) is 27.6 Å². The van der Waals surface area contributed by atoms with Crippen LogP contribution >= 0.6 is 23.1 Å². The maximum atomic E-state index is 12.6. The van der Waals surface area contributed by atoms with Crippen LogP contribution in [0.5, 0.6) is 0 Å². The molecular weight excluding hydrogens is 398 g/mol. The number of amides is 3. The number of aromatic amines is 1. The molecule has 142 valence electrons. The Labute approximate surface area is 167 Å². The van der Waals surface area contributed by atoms with E-state index in [0.29, 0.717) is 27.6 Å². The van der Waals surface area contributed by atoms with Crippen LogP contribution in [-0.4, -0.2) is 32.9 Å². The number of carbonyl (C=O) groups excluding carboxylic acids is 3. The molecule has 3 aromatic rings. The Hall–Kier alpha value is -3.11. The molecule has 1 atom stereocenters. The molecule has 0 spiro atoms. The molecule has 5 N–H and O–H groups in total. The molecule has 1 aromatic carbocycles. The van der Waals surface area contributed by atoms with Crippen LogP contribution in [0, 0.1) is 0 Å². The number of rotatable bonds is 4. The number of thioether (sulfide) groups is 1. The van der Waals surface area contributed by atoms with E-state index in [4.69, 9.17) is 5.73 Å². The smallest absolute Gasteiger partial charge is 0.265 e. The minimum atomic E-state index is -0.554. The van der Waals surface area contributed by atoms with Crippen LogP contribution in [0.15, 0.2) is 40.7 Å². The van der Waals surface area contributed by atoms with Gasteiger partial charge >= 0.3 is 0 Å². The number of benzene rings is 1. The topological polar surface area (TPSA) is 130 Å². The Morgan fingerprint density at radius 2 is 2.11 bits per heavy atom. The monoisotopic (exact) mass is 413 g/mol. The summed E-state index contributed by atoms with van der Waals surface area (Å²) < 4.78 is 0. The lowest BCUT2D eigenvalue weighted by atomic mass is 10.2. The molecule has 0 bridgehead atoms. The zero-order valence-corrected chi connectivity index (χ0v) is 16.2. The molecule has 0 aliphatic carbocycles. The van der Waals surface area contributed by atoms with E-state index in [9.17, 15) is 14.4 Å². The molecule has 8 nitrogen and oxygen atoms in total. The van der Waals surface area contributed by atoms with E-state index in [0.717, 1.165) is 4.90 Å². The molecule has 0 fully saturated rings. The third kappa shape index (κ3) is 3.51. The fraction of sp³-hybridized carbons (Fsp3) is 0.111. The molecule has 0 radical (unpaired) electrons. The number of H-pyrrole nitrogens is 1. The number of aromatic nitrogens is 2. The Balaban J connectivity index is 1.50. The van der Waals surface area contributed by atoms with Crippen molar-refractivity contribution in [3.63, 3.8) is 0 Å². The molecule has 10 heteroatoms. The quantitative estimate of drug-likeness (QED) is 0.522. The Morgan fingerprint density at radius 3 is 2.86 bits per heavy atom. The van der Waals surface area contributed by atoms with Gasteiger partial charge < -0.3 is 16.0 Å². The zero-order valence-electron chi connectivity index (χ0n) is 14.6. The molecule has 28 heavy (non-hydrogen) atoms. The lowest BCUT2D eigenvalue weighted by Gasteiger charge is -2.21. The number of anilines is 2. The summed E-state index contributed by atoms with van der Waals surface area (Å²) in [4.78, 5) is 43.7. The van der Waals surface area contributed by atoms with E-state index in [2.05, 4.69) is 20.6 Å². The minimum absolute atomic E-state index is 0.0820. The average Bonchev–Trinajstić information content (AvgIpc) is 3.31. The molecular formula is C18H15N5O3S2. The van der Waals surface area contributed by atoms with E-state index in [1.807, 2.05) is 13.0 Å². The molecule has 2 aromatic heterocycles. The second-order valence-corrected chi connectivity index (χ2v) is 8.36. The van der Waals surface area contributed by atoms with Gasteiger partial charge in [0.05, 0.1) is 16.6 Å². The predicted molar refractivity (Wildman–Crippen MR) is 109 cm³/mol. The number of hydrogen-bond acceptors (Lipinski definition) is 6. The summed E-state index contributed by atoms with van der Waals surface area (Å²) in [5.41, 5.74) is 7.89. The maximum Gasteiger partial charge on any atom is 0.265 e. The second-order valence-electron chi connectivity index (χ2n) is 6.12. The van der Waals surface area contributed by atoms with Crippen molar-refractivity contribution in [1.29, 1.82) is 0 Å². The van der Waals surface area contributed by atoms with Gasteiger partial charge in [-0.1, -0.05) is 0 Å². The number of nitrogens with two attached hydrogens (primary N) is 1. The third-order valence-corrected chi connectivity index (χ3v) is 6.08. The number of nitrogens with zero attached hydrogens (tertiary/aromatic N) is 1. The number of hydrogen-bond donors (Lipinski definition) is 4. The predicted octanol–water partition coefficient (Wildman–Crippen LogP) is 2.92. The molecule has 1 unspecified atom stereocenters. The first-order valence-electron chi connectivity index (χ1n) is 8.28. The van der Waals surface area contributed by atoms with Gasteiger partial charge in [-0.05, 0) is 31.2 Å². The Bertz CT molecular complexity index is 1100. The van der Waals surface area contributed by atoms with Crippen molar-refractivity contribution in [2.24, 2.45) is 5.73 Å². The van der Waals surface area contributed by atoms with Gasteiger partial charge in [0.2, 0.25) is 5.91 Å². The highest BCUT2D eigenvalue weighted by atomic mass is 32.2. The van der Waals surface area contributed by atoms with Gasteiger partial charge in [0.15, 0.2) is 5.13 Å². The molecule has 3 heterocycles. The van der Waals surface area contributed by atoms with E-state index >= 15 is 0 Å². The summed E-state index contributed by atoms with van der Waals surface area (Å²) in [6.45, 7) is 1.83. The van der Waals surface area contributed by atoms with Gasteiger partial charge in [-0.15, -0.1) is 23.1 Å². The fourth-order valence-corrected chi connectivity index (χ4v) is 4.31. The van der Waals surface area contributed by atoms with Crippen molar-refractivity contribution in [2.75, 3.05) is 10.6 Å². The van der Waals surface area contributed by atoms with Crippen molar-refractivity contribution in [3.05, 3.63) is 47.1 Å². The normalized spacial score (nSPS) is 15.6. The minimum Gasteiger partial charge on any atom is -0.364 e. The molecule has 0 saturated heterocycles. The van der Waals surface area contributed by atoms with Crippen LogP contribution in [0.1, 0.15) is 27.8 Å². The largest absolute Gasteiger partial charge is 0.364 e. The molecule has 1 aliphatic heterocycles. The van der Waals surface area contributed by atoms with E-state index in [1.165, 1.54) is 23.1 Å². The van der Waals surface area contributed by atoms with E-state index in [-0.39, 0.29) is 22.8 Å². The van der Waals surface area contributed by atoms with Crippen LogP contribution in [0.25, 0.3) is 11.3 Å². The van der Waals surface area contributed by atoms with Crippen molar-refractivity contribution < 1.29 is 14.4 Å². The first-order chi connectivity index (χ1) is 13.4. The number of primary amides is 1. The first kappa shape index (κ1) is 18.3. The Morgan fingerprint density at radius 1 is 1.29 bits per heavy atom. The summed E-state index contributed by atoms with van der Waals surface area (Å²) in [6, 6.07) is 6.80. The SMILES string of the molecule is CC1Sc2ccc(C(=O)Nc3nc(-c4c[nH]c(C(N)=O)c4)cs3)cc2NC1=O. The molecule has 0 saturated carbocycles. The summed E-state index contributed by atoms with van der Waals surface area (Å²) in [7, 11) is 0. The van der Waals surface area contributed by atoms with E-state index < -0.39 is 5.91 Å². The summed E-state index contributed by atoms with van der Waals surface area (Å²) >= 11 is 2.73. The lowest BCUT2D eigenvalue weighted by Crippen LogP contribution is -2.26. The number of thiazole rings is 1. The van der Waals surface area contributed by atoms with Gasteiger partial charge in [0.25, 0.3) is 11.8 Å².